The zero-order valence-corrected chi connectivity index (χ0v) is 19.0. The Balaban J connectivity index is 1.68. The molecule has 1 aromatic heterocycles. The lowest BCUT2D eigenvalue weighted by atomic mass is 9.82. The first-order valence-electron chi connectivity index (χ1n) is 10.3. The molecule has 14 heteroatoms. The van der Waals surface area contributed by atoms with Crippen molar-refractivity contribution < 1.29 is 34.4 Å². The first kappa shape index (κ1) is 25.1. The minimum absolute atomic E-state index is 0.00585. The van der Waals surface area contributed by atoms with Crippen LogP contribution in [0.4, 0.5) is 23.4 Å². The Bertz CT molecular complexity index is 1020. The van der Waals surface area contributed by atoms with Crippen LogP contribution < -0.4 is 10.0 Å². The summed E-state index contributed by atoms with van der Waals surface area (Å²) in [6.07, 6.45) is 1.16. The molecule has 2 fully saturated rings. The maximum Gasteiger partial charge on any atom is 0.511 e. The van der Waals surface area contributed by atoms with Crippen molar-refractivity contribution in [2.75, 3.05) is 25.0 Å². The minimum atomic E-state index is -5.41. The van der Waals surface area contributed by atoms with Crippen molar-refractivity contribution in [3.63, 3.8) is 0 Å². The molecule has 1 saturated carbocycles. The fourth-order valence-corrected chi connectivity index (χ4v) is 5.80. The average Bonchev–Trinajstić information content (AvgIpc) is 2.64. The van der Waals surface area contributed by atoms with Crippen LogP contribution in [0.2, 0.25) is 0 Å². The quantitative estimate of drug-likeness (QED) is 0.529. The highest BCUT2D eigenvalue weighted by Gasteiger charge is 2.50. The lowest BCUT2D eigenvalue weighted by Gasteiger charge is -2.32. The van der Waals surface area contributed by atoms with Gasteiger partial charge in [-0.3, -0.25) is 0 Å². The Kier molecular flexibility index (Phi) is 7.37. The molecule has 1 atom stereocenters. The summed E-state index contributed by atoms with van der Waals surface area (Å²) in [7, 11) is -9.50. The van der Waals surface area contributed by atoms with Gasteiger partial charge in [-0.1, -0.05) is 6.42 Å². The Morgan fingerprint density at radius 2 is 1.75 bits per heavy atom. The van der Waals surface area contributed by atoms with Crippen LogP contribution >= 0.6 is 0 Å². The second-order valence-corrected chi connectivity index (χ2v) is 11.8. The molecule has 0 amide bonds. The van der Waals surface area contributed by atoms with E-state index in [1.165, 1.54) is 12.1 Å². The van der Waals surface area contributed by atoms with Gasteiger partial charge < -0.3 is 5.32 Å². The van der Waals surface area contributed by atoms with E-state index >= 15 is 0 Å². The van der Waals surface area contributed by atoms with Crippen molar-refractivity contribution in [3.05, 3.63) is 17.8 Å². The van der Waals surface area contributed by atoms with E-state index < -0.39 is 37.8 Å². The zero-order valence-electron chi connectivity index (χ0n) is 17.4. The third-order valence-corrected chi connectivity index (χ3v) is 8.93. The van der Waals surface area contributed by atoms with Crippen molar-refractivity contribution in [1.82, 2.24) is 14.0 Å². The standard InChI is InChI=1S/C18H26F4N4O4S2/c1-12-5-6-16(31(27,28)23-11-15(19)13-3-2-4-13)17(24-12)25-14-7-9-26(10-8-14)32(29,30)18(20,21)22/h5-6,13-15,23H,2-4,7-11H2,1H3,(H,24,25). The summed E-state index contributed by atoms with van der Waals surface area (Å²) >= 11 is 0. The molecular formula is C18H26F4N4O4S2. The van der Waals surface area contributed by atoms with Crippen LogP contribution in [0.5, 0.6) is 0 Å². The summed E-state index contributed by atoms with van der Waals surface area (Å²) in [6.45, 7) is 0.558. The van der Waals surface area contributed by atoms with E-state index in [9.17, 15) is 34.4 Å². The Hall–Kier alpha value is -1.51. The van der Waals surface area contributed by atoms with E-state index in [-0.39, 0.29) is 49.1 Å². The number of piperidine rings is 1. The molecule has 1 unspecified atom stereocenters. The molecule has 2 aliphatic rings. The van der Waals surface area contributed by atoms with Crippen molar-refractivity contribution in [2.24, 2.45) is 5.92 Å². The van der Waals surface area contributed by atoms with Crippen molar-refractivity contribution in [3.8, 4) is 0 Å². The van der Waals surface area contributed by atoms with Gasteiger partial charge in [-0.05, 0) is 50.7 Å². The fraction of sp³-hybridized carbons (Fsp3) is 0.722. The summed E-state index contributed by atoms with van der Waals surface area (Å²) in [6, 6.07) is 2.33. The molecule has 1 saturated heterocycles. The Morgan fingerprint density at radius 1 is 1.12 bits per heavy atom. The van der Waals surface area contributed by atoms with Gasteiger partial charge in [0.15, 0.2) is 0 Å². The molecule has 32 heavy (non-hydrogen) atoms. The van der Waals surface area contributed by atoms with Gasteiger partial charge in [0, 0.05) is 31.4 Å². The first-order valence-corrected chi connectivity index (χ1v) is 13.2. The Labute approximate surface area is 184 Å². The largest absolute Gasteiger partial charge is 0.511 e. The molecule has 1 aliphatic heterocycles. The highest BCUT2D eigenvalue weighted by molar-refractivity contribution is 7.90. The summed E-state index contributed by atoms with van der Waals surface area (Å²) in [5.41, 5.74) is -4.87. The van der Waals surface area contributed by atoms with Gasteiger partial charge in [0.2, 0.25) is 10.0 Å². The van der Waals surface area contributed by atoms with Crippen molar-refractivity contribution in [2.45, 2.75) is 61.6 Å². The number of sulfonamides is 2. The number of halogens is 4. The number of aromatic nitrogens is 1. The molecule has 0 spiro atoms. The van der Waals surface area contributed by atoms with Crippen LogP contribution in [0.3, 0.4) is 0 Å². The Morgan fingerprint density at radius 3 is 2.28 bits per heavy atom. The smallest absolute Gasteiger partial charge is 0.366 e. The summed E-state index contributed by atoms with van der Waals surface area (Å²) in [4.78, 5) is 3.99. The fourth-order valence-electron chi connectivity index (χ4n) is 3.68. The lowest BCUT2D eigenvalue weighted by Crippen LogP contribution is -2.47. The van der Waals surface area contributed by atoms with Crippen LogP contribution in [0, 0.1) is 12.8 Å². The summed E-state index contributed by atoms with van der Waals surface area (Å²) in [5.74, 6) is -0.154. The number of rotatable bonds is 8. The van der Waals surface area contributed by atoms with Crippen LogP contribution in [-0.2, 0) is 20.0 Å². The van der Waals surface area contributed by atoms with Gasteiger partial charge in [0.05, 0.1) is 0 Å². The summed E-state index contributed by atoms with van der Waals surface area (Å²) in [5, 5.41) is 2.91. The molecule has 2 N–H and O–H groups in total. The predicted molar refractivity (Wildman–Crippen MR) is 110 cm³/mol. The molecule has 8 nitrogen and oxygen atoms in total. The van der Waals surface area contributed by atoms with Crippen molar-refractivity contribution in [1.29, 1.82) is 0 Å². The number of pyridine rings is 1. The maximum absolute atomic E-state index is 14.2. The highest BCUT2D eigenvalue weighted by atomic mass is 32.2. The van der Waals surface area contributed by atoms with Gasteiger partial charge in [-0.2, -0.15) is 17.5 Å². The average molecular weight is 503 g/mol. The first-order chi connectivity index (χ1) is 14.8. The predicted octanol–water partition coefficient (Wildman–Crippen LogP) is 2.53. The van der Waals surface area contributed by atoms with E-state index in [2.05, 4.69) is 15.0 Å². The molecule has 2 heterocycles. The van der Waals surface area contributed by atoms with Gasteiger partial charge in [0.25, 0.3) is 0 Å². The normalized spacial score (nSPS) is 20.7. The van der Waals surface area contributed by atoms with E-state index in [4.69, 9.17) is 0 Å². The van der Waals surface area contributed by atoms with E-state index in [1.807, 2.05) is 0 Å². The van der Waals surface area contributed by atoms with Crippen LogP contribution in [-0.4, -0.2) is 63.5 Å². The molecular weight excluding hydrogens is 476 g/mol. The van der Waals surface area contributed by atoms with Gasteiger partial charge >= 0.3 is 15.5 Å². The monoisotopic (exact) mass is 502 g/mol. The third kappa shape index (κ3) is 5.51. The molecule has 0 bridgehead atoms. The third-order valence-electron chi connectivity index (χ3n) is 5.84. The van der Waals surface area contributed by atoms with Crippen LogP contribution in [0.15, 0.2) is 17.0 Å². The topological polar surface area (TPSA) is 108 Å². The van der Waals surface area contributed by atoms with Gasteiger partial charge in [-0.25, -0.2) is 30.9 Å². The second kappa shape index (κ2) is 9.39. The van der Waals surface area contributed by atoms with E-state index in [1.54, 1.807) is 6.92 Å². The van der Waals surface area contributed by atoms with Gasteiger partial charge in [0.1, 0.15) is 16.9 Å². The zero-order chi connectivity index (χ0) is 23.7. The molecule has 0 aromatic carbocycles. The molecule has 0 radical (unpaired) electrons. The number of aryl methyl sites for hydroxylation is 1. The second-order valence-electron chi connectivity index (χ2n) is 8.13. The SMILES string of the molecule is Cc1ccc(S(=O)(=O)NCC(F)C2CCC2)c(NC2CCN(S(=O)(=O)C(F)(F)F)CC2)n1. The van der Waals surface area contributed by atoms with Crippen LogP contribution in [0.1, 0.15) is 37.8 Å². The maximum atomic E-state index is 14.2. The number of alkyl halides is 4. The number of nitrogens with zero attached hydrogens (tertiary/aromatic N) is 2. The molecule has 1 aromatic rings. The van der Waals surface area contributed by atoms with Crippen LogP contribution in [0.25, 0.3) is 0 Å². The lowest BCUT2D eigenvalue weighted by molar-refractivity contribution is -0.0494. The number of hydrogen-bond acceptors (Lipinski definition) is 6. The van der Waals surface area contributed by atoms with E-state index in [0.717, 1.165) is 19.3 Å². The minimum Gasteiger partial charge on any atom is -0.366 e. The summed E-state index contributed by atoms with van der Waals surface area (Å²) < 4.78 is 104. The van der Waals surface area contributed by atoms with Gasteiger partial charge in [-0.15, -0.1) is 0 Å². The number of nitrogens with one attached hydrogen (secondary N) is 2. The molecule has 3 rings (SSSR count). The molecule has 1 aliphatic carbocycles. The van der Waals surface area contributed by atoms with Crippen molar-refractivity contribution >= 4 is 25.9 Å². The highest BCUT2D eigenvalue weighted by Crippen LogP contribution is 2.32. The number of anilines is 1. The number of hydrogen-bond donors (Lipinski definition) is 2. The van der Waals surface area contributed by atoms with E-state index in [0.29, 0.717) is 10.00 Å². The molecule has 182 valence electrons.